The number of anilines is 1. The van der Waals surface area contributed by atoms with E-state index in [0.717, 1.165) is 11.4 Å². The molecule has 3 N–H and O–H groups in total. The van der Waals surface area contributed by atoms with Crippen LogP contribution in [0.15, 0.2) is 18.3 Å². The van der Waals surface area contributed by atoms with E-state index in [-0.39, 0.29) is 0 Å². The van der Waals surface area contributed by atoms with Gasteiger partial charge in [-0.1, -0.05) is 0 Å². The number of hydrogen-bond donors (Lipinski definition) is 1. The fourth-order valence-corrected chi connectivity index (χ4v) is 0.534. The number of aryl methyl sites for hydroxylation is 1. The summed E-state index contributed by atoms with van der Waals surface area (Å²) in [5.41, 5.74) is 6.55. The number of aromatic amines is 1. The maximum Gasteiger partial charge on any atom is 0.272 e. The second kappa shape index (κ2) is 1.82. The molecule has 0 radical (unpaired) electrons. The highest BCUT2D eigenvalue weighted by atomic mass is 14.8. The van der Waals surface area contributed by atoms with E-state index in [9.17, 15) is 0 Å². The van der Waals surface area contributed by atoms with Crippen molar-refractivity contribution >= 4 is 5.82 Å². The Balaban J connectivity index is 3.13. The van der Waals surface area contributed by atoms with Crippen LogP contribution in [0.5, 0.6) is 0 Å². The van der Waals surface area contributed by atoms with Crippen LogP contribution in [0, 0.1) is 6.92 Å². The lowest BCUT2D eigenvalue weighted by Gasteiger charge is -1.86. The van der Waals surface area contributed by atoms with E-state index in [1.165, 1.54) is 0 Å². The first-order chi connectivity index (χ1) is 3.80. The Morgan fingerprint density at radius 1 is 1.62 bits per heavy atom. The molecule has 0 amide bonds. The number of hydrogen-bond acceptors (Lipinski definition) is 1. The minimum Gasteiger partial charge on any atom is -0.287 e. The van der Waals surface area contributed by atoms with Crippen LogP contribution in [0.4, 0.5) is 5.82 Å². The van der Waals surface area contributed by atoms with Crippen molar-refractivity contribution in [2.45, 2.75) is 6.92 Å². The zero-order valence-electron chi connectivity index (χ0n) is 4.81. The van der Waals surface area contributed by atoms with Crippen molar-refractivity contribution in [2.75, 3.05) is 5.73 Å². The summed E-state index contributed by atoms with van der Waals surface area (Å²) in [5, 5.41) is 0. The summed E-state index contributed by atoms with van der Waals surface area (Å²) in [6.07, 6.45) is 1.81. The van der Waals surface area contributed by atoms with E-state index < -0.39 is 0 Å². The van der Waals surface area contributed by atoms with Gasteiger partial charge in [-0.15, -0.1) is 0 Å². The van der Waals surface area contributed by atoms with Crippen LogP contribution in [-0.4, -0.2) is 0 Å². The Morgan fingerprint density at radius 2 is 2.38 bits per heavy atom. The van der Waals surface area contributed by atoms with Crippen LogP contribution < -0.4 is 10.7 Å². The average Bonchev–Trinajstić information content (AvgIpc) is 1.77. The van der Waals surface area contributed by atoms with E-state index in [4.69, 9.17) is 5.73 Å². The maximum absolute atomic E-state index is 5.46. The monoisotopic (exact) mass is 109 g/mol. The van der Waals surface area contributed by atoms with Gasteiger partial charge in [0.2, 0.25) is 0 Å². The number of nitrogens with two attached hydrogens (primary N) is 1. The van der Waals surface area contributed by atoms with Crippen molar-refractivity contribution < 1.29 is 4.98 Å². The fraction of sp³-hybridized carbons (Fsp3) is 0.167. The summed E-state index contributed by atoms with van der Waals surface area (Å²) in [7, 11) is 0. The standard InChI is InChI=1S/C6H8N2/c1-5-3-2-4-8-6(5)7/h2-4H,1H3,(H2,7,8)/p+1. The smallest absolute Gasteiger partial charge is 0.272 e. The third kappa shape index (κ3) is 0.780. The molecule has 2 heteroatoms. The normalized spacial score (nSPS) is 9.12. The molecule has 1 rings (SSSR count). The van der Waals surface area contributed by atoms with Crippen molar-refractivity contribution in [1.82, 2.24) is 0 Å². The Labute approximate surface area is 48.4 Å². The molecular formula is C6H9N2+. The van der Waals surface area contributed by atoms with Crippen LogP contribution in [-0.2, 0) is 0 Å². The van der Waals surface area contributed by atoms with E-state index in [1.54, 1.807) is 0 Å². The number of nitrogens with one attached hydrogen (secondary N) is 1. The van der Waals surface area contributed by atoms with Gasteiger partial charge in [0.25, 0.3) is 5.82 Å². The molecule has 0 aliphatic heterocycles. The lowest BCUT2D eigenvalue weighted by molar-refractivity contribution is -0.360. The van der Waals surface area contributed by atoms with Gasteiger partial charge in [-0.3, -0.25) is 5.73 Å². The second-order valence-corrected chi connectivity index (χ2v) is 1.77. The van der Waals surface area contributed by atoms with Gasteiger partial charge in [0.15, 0.2) is 0 Å². The molecule has 1 aromatic heterocycles. The predicted molar refractivity (Wildman–Crippen MR) is 32.1 cm³/mol. The van der Waals surface area contributed by atoms with Crippen molar-refractivity contribution in [1.29, 1.82) is 0 Å². The number of pyridine rings is 1. The molecule has 0 aromatic carbocycles. The van der Waals surface area contributed by atoms with E-state index in [1.807, 2.05) is 25.3 Å². The van der Waals surface area contributed by atoms with Gasteiger partial charge < -0.3 is 0 Å². The summed E-state index contributed by atoms with van der Waals surface area (Å²) in [4.78, 5) is 2.88. The first kappa shape index (κ1) is 5.09. The summed E-state index contributed by atoms with van der Waals surface area (Å²) < 4.78 is 0. The van der Waals surface area contributed by atoms with Crippen LogP contribution in [0.3, 0.4) is 0 Å². The highest BCUT2D eigenvalue weighted by Crippen LogP contribution is 1.97. The summed E-state index contributed by atoms with van der Waals surface area (Å²) in [6, 6.07) is 3.89. The first-order valence-electron chi connectivity index (χ1n) is 2.53. The molecule has 0 spiro atoms. The molecule has 2 nitrogen and oxygen atoms in total. The Bertz CT molecular complexity index is 163. The SMILES string of the molecule is Cc1ccc[nH+]c1N. The van der Waals surface area contributed by atoms with E-state index in [0.29, 0.717) is 0 Å². The molecule has 0 aliphatic rings. The van der Waals surface area contributed by atoms with Crippen molar-refractivity contribution in [3.63, 3.8) is 0 Å². The molecule has 0 unspecified atom stereocenters. The number of rotatable bonds is 0. The van der Waals surface area contributed by atoms with Gasteiger partial charge in [0.05, 0.1) is 6.20 Å². The molecule has 0 atom stereocenters. The largest absolute Gasteiger partial charge is 0.287 e. The third-order valence-corrected chi connectivity index (χ3v) is 1.11. The fourth-order valence-electron chi connectivity index (χ4n) is 0.534. The van der Waals surface area contributed by atoms with Gasteiger partial charge in [-0.05, 0) is 19.1 Å². The van der Waals surface area contributed by atoms with Crippen LogP contribution in [0.2, 0.25) is 0 Å². The zero-order chi connectivity index (χ0) is 5.98. The van der Waals surface area contributed by atoms with Gasteiger partial charge in [0, 0.05) is 5.56 Å². The Hall–Kier alpha value is -1.05. The molecule has 0 saturated carbocycles. The second-order valence-electron chi connectivity index (χ2n) is 1.77. The molecule has 1 heterocycles. The van der Waals surface area contributed by atoms with Gasteiger partial charge in [-0.25, -0.2) is 4.98 Å². The minimum atomic E-state index is 0.743. The van der Waals surface area contributed by atoms with Crippen LogP contribution in [0.1, 0.15) is 5.56 Å². The van der Waals surface area contributed by atoms with Gasteiger partial charge in [0.1, 0.15) is 0 Å². The van der Waals surface area contributed by atoms with Gasteiger partial charge in [-0.2, -0.15) is 0 Å². The van der Waals surface area contributed by atoms with E-state index >= 15 is 0 Å². The Morgan fingerprint density at radius 3 is 2.75 bits per heavy atom. The quantitative estimate of drug-likeness (QED) is 0.514. The first-order valence-corrected chi connectivity index (χ1v) is 2.53. The number of nitrogen functional groups attached to an aromatic ring is 1. The van der Waals surface area contributed by atoms with Gasteiger partial charge >= 0.3 is 0 Å². The van der Waals surface area contributed by atoms with Crippen molar-refractivity contribution in [2.24, 2.45) is 0 Å². The molecule has 0 aliphatic carbocycles. The molecule has 8 heavy (non-hydrogen) atoms. The average molecular weight is 109 g/mol. The topological polar surface area (TPSA) is 40.2 Å². The Kier molecular flexibility index (Phi) is 1.16. The molecule has 1 aromatic rings. The predicted octanol–water partition coefficient (Wildman–Crippen LogP) is 0.391. The molecular weight excluding hydrogens is 100 g/mol. The third-order valence-electron chi connectivity index (χ3n) is 1.11. The van der Waals surface area contributed by atoms with E-state index in [2.05, 4.69) is 4.98 Å². The lowest BCUT2D eigenvalue weighted by Crippen LogP contribution is -2.09. The summed E-state index contributed by atoms with van der Waals surface area (Å²) >= 11 is 0. The molecule has 0 fully saturated rings. The van der Waals surface area contributed by atoms with Crippen LogP contribution >= 0.6 is 0 Å². The minimum absolute atomic E-state index is 0.743. The lowest BCUT2D eigenvalue weighted by atomic mass is 10.3. The highest BCUT2D eigenvalue weighted by molar-refractivity contribution is 5.30. The van der Waals surface area contributed by atoms with Crippen molar-refractivity contribution in [3.8, 4) is 0 Å². The van der Waals surface area contributed by atoms with Crippen LogP contribution in [0.25, 0.3) is 0 Å². The zero-order valence-corrected chi connectivity index (χ0v) is 4.81. The van der Waals surface area contributed by atoms with Crippen molar-refractivity contribution in [3.05, 3.63) is 23.9 Å². The molecule has 0 saturated heterocycles. The number of aromatic nitrogens is 1. The molecule has 0 bridgehead atoms. The summed E-state index contributed by atoms with van der Waals surface area (Å²) in [5.74, 6) is 0.743. The summed E-state index contributed by atoms with van der Waals surface area (Å²) in [6.45, 7) is 1.96. The number of H-pyrrole nitrogens is 1. The molecule has 42 valence electrons. The maximum atomic E-state index is 5.46. The highest BCUT2D eigenvalue weighted by Gasteiger charge is 1.92.